The van der Waals surface area contributed by atoms with Gasteiger partial charge in [-0.1, -0.05) is 6.57 Å². The molecule has 0 saturated carbocycles. The summed E-state index contributed by atoms with van der Waals surface area (Å²) in [7, 11) is 0. The van der Waals surface area contributed by atoms with E-state index < -0.39 is 5.84 Å². The lowest BCUT2D eigenvalue weighted by atomic mass is 10.5. The number of Topliss-reactive ketones (excluding diaryl/α,β-unsaturated/α-hetero) is 1. The second kappa shape index (κ2) is 4.95. The molecule has 0 radical (unpaired) electrons. The Morgan fingerprint density at radius 1 is 1.91 bits per heavy atom. The molecule has 0 spiro atoms. The number of carbonyl (C=O) groups excluding carboxylic acids is 1. The zero-order valence-corrected chi connectivity index (χ0v) is 5.87. The molecule has 0 aromatic carbocycles. The van der Waals surface area contributed by atoms with E-state index in [1.807, 2.05) is 0 Å². The number of amidine groups is 1. The Kier molecular flexibility index (Phi) is 4.10. The quantitative estimate of drug-likeness (QED) is 0.253. The van der Waals surface area contributed by atoms with Crippen molar-refractivity contribution < 1.29 is 9.63 Å². The van der Waals surface area contributed by atoms with Crippen LogP contribution in [0.2, 0.25) is 0 Å². The lowest BCUT2D eigenvalue weighted by Gasteiger charge is -1.85. The van der Waals surface area contributed by atoms with Crippen LogP contribution in [0.4, 0.5) is 0 Å². The highest BCUT2D eigenvalue weighted by Crippen LogP contribution is 1.82. The standard InChI is InChI=1S/C6H5N3O2/c1-5(10)4-11-9-6(3-7)8-2/h4H2,1H3. The van der Waals surface area contributed by atoms with Gasteiger partial charge in [0.1, 0.15) is 6.07 Å². The summed E-state index contributed by atoms with van der Waals surface area (Å²) in [6.45, 7) is 7.46. The summed E-state index contributed by atoms with van der Waals surface area (Å²) in [6, 6.07) is 1.48. The molecule has 0 atom stereocenters. The number of hydrogen-bond acceptors (Lipinski definition) is 4. The number of nitrogens with zero attached hydrogens (tertiary/aromatic N) is 3. The fourth-order valence-corrected chi connectivity index (χ4v) is 0.250. The van der Waals surface area contributed by atoms with Crippen LogP contribution in [0.15, 0.2) is 5.16 Å². The van der Waals surface area contributed by atoms with Gasteiger partial charge in [-0.2, -0.15) is 0 Å². The molecule has 0 aliphatic carbocycles. The fraction of sp³-hybridized carbons (Fsp3) is 0.333. The molecule has 0 aromatic heterocycles. The molecule has 0 heterocycles. The van der Waals surface area contributed by atoms with E-state index in [9.17, 15) is 4.79 Å². The van der Waals surface area contributed by atoms with Gasteiger partial charge in [-0.25, -0.2) is 5.26 Å². The molecule has 0 fully saturated rings. The third-order valence-electron chi connectivity index (χ3n) is 0.625. The first kappa shape index (κ1) is 9.12. The minimum Gasteiger partial charge on any atom is -0.348 e. The molecule has 0 aliphatic heterocycles. The van der Waals surface area contributed by atoms with Crippen molar-refractivity contribution in [2.45, 2.75) is 6.92 Å². The number of carbonyl (C=O) groups is 1. The average molecular weight is 151 g/mol. The topological polar surface area (TPSA) is 66.8 Å². The number of hydrogen-bond donors (Lipinski definition) is 0. The molecule has 0 N–H and O–H groups in total. The summed E-state index contributed by atoms with van der Waals surface area (Å²) in [5.74, 6) is -0.623. The van der Waals surface area contributed by atoms with Gasteiger partial charge in [0.25, 0.3) is 0 Å². The Labute approximate surface area is 63.7 Å². The SMILES string of the molecule is [C-]#[N+]C(C#N)=NOCC(C)=O. The molecular formula is C6H5N3O2. The van der Waals surface area contributed by atoms with E-state index in [2.05, 4.69) is 14.8 Å². The lowest BCUT2D eigenvalue weighted by molar-refractivity contribution is -0.121. The number of nitriles is 1. The van der Waals surface area contributed by atoms with E-state index in [1.54, 1.807) is 0 Å². The number of ketones is 1. The molecule has 5 nitrogen and oxygen atoms in total. The van der Waals surface area contributed by atoms with Crippen LogP contribution in [0.25, 0.3) is 4.85 Å². The van der Waals surface area contributed by atoms with Crippen molar-refractivity contribution in [2.75, 3.05) is 6.61 Å². The van der Waals surface area contributed by atoms with Crippen molar-refractivity contribution >= 4 is 11.6 Å². The molecule has 0 saturated heterocycles. The maximum atomic E-state index is 10.2. The first-order valence-corrected chi connectivity index (χ1v) is 2.67. The molecule has 11 heavy (non-hydrogen) atoms. The van der Waals surface area contributed by atoms with Gasteiger partial charge in [0.15, 0.2) is 12.4 Å². The second-order valence-corrected chi connectivity index (χ2v) is 1.61. The molecule has 56 valence electrons. The van der Waals surface area contributed by atoms with E-state index >= 15 is 0 Å². The van der Waals surface area contributed by atoms with Gasteiger partial charge < -0.3 is 9.68 Å². The van der Waals surface area contributed by atoms with Crippen LogP contribution in [0, 0.1) is 17.9 Å². The summed E-state index contributed by atoms with van der Waals surface area (Å²) >= 11 is 0. The van der Waals surface area contributed by atoms with Gasteiger partial charge in [0.2, 0.25) is 0 Å². The van der Waals surface area contributed by atoms with Crippen LogP contribution in [0.5, 0.6) is 0 Å². The van der Waals surface area contributed by atoms with Crippen LogP contribution < -0.4 is 0 Å². The molecule has 0 unspecified atom stereocenters. The molecule has 0 rings (SSSR count). The summed E-state index contributed by atoms with van der Waals surface area (Å²) < 4.78 is 0. The normalized spacial score (nSPS) is 9.55. The third kappa shape index (κ3) is 4.61. The largest absolute Gasteiger partial charge is 0.392 e. The zero-order chi connectivity index (χ0) is 8.69. The predicted molar refractivity (Wildman–Crippen MR) is 36.3 cm³/mol. The van der Waals surface area contributed by atoms with E-state index in [0.29, 0.717) is 0 Å². The van der Waals surface area contributed by atoms with Crippen molar-refractivity contribution in [3.63, 3.8) is 0 Å². The van der Waals surface area contributed by atoms with Crippen molar-refractivity contribution in [3.05, 3.63) is 11.4 Å². The van der Waals surface area contributed by atoms with Crippen molar-refractivity contribution in [1.82, 2.24) is 0 Å². The molecular weight excluding hydrogens is 146 g/mol. The molecule has 0 bridgehead atoms. The summed E-state index contributed by atoms with van der Waals surface area (Å²) in [6.07, 6.45) is 0. The van der Waals surface area contributed by atoms with Crippen molar-refractivity contribution in [2.24, 2.45) is 5.16 Å². The first-order chi connectivity index (χ1) is 5.20. The third-order valence-corrected chi connectivity index (χ3v) is 0.625. The zero-order valence-electron chi connectivity index (χ0n) is 5.87. The van der Waals surface area contributed by atoms with Gasteiger partial charge >= 0.3 is 5.84 Å². The fourth-order valence-electron chi connectivity index (χ4n) is 0.250. The van der Waals surface area contributed by atoms with E-state index in [1.165, 1.54) is 13.0 Å². The molecule has 0 amide bonds. The van der Waals surface area contributed by atoms with Gasteiger partial charge in [-0.15, -0.1) is 0 Å². The van der Waals surface area contributed by atoms with E-state index in [-0.39, 0.29) is 12.4 Å². The lowest BCUT2D eigenvalue weighted by Crippen LogP contribution is -2.00. The second-order valence-electron chi connectivity index (χ2n) is 1.61. The highest BCUT2D eigenvalue weighted by molar-refractivity contribution is 6.03. The predicted octanol–water partition coefficient (Wildman–Crippen LogP) is 0.348. The maximum Gasteiger partial charge on any atom is 0.392 e. The average Bonchev–Trinajstić information content (AvgIpc) is 1.98. The van der Waals surface area contributed by atoms with Crippen LogP contribution >= 0.6 is 0 Å². The smallest absolute Gasteiger partial charge is 0.348 e. The maximum absolute atomic E-state index is 10.2. The van der Waals surface area contributed by atoms with Gasteiger partial charge in [0.05, 0.1) is 5.16 Å². The summed E-state index contributed by atoms with van der Waals surface area (Å²) in [5, 5.41) is 11.2. The van der Waals surface area contributed by atoms with Crippen LogP contribution in [-0.2, 0) is 9.63 Å². The number of oxime groups is 1. The molecule has 0 aliphatic rings. The van der Waals surface area contributed by atoms with Crippen LogP contribution in [0.1, 0.15) is 6.92 Å². The van der Waals surface area contributed by atoms with Gasteiger partial charge in [-0.3, -0.25) is 4.79 Å². The number of rotatable bonds is 3. The highest BCUT2D eigenvalue weighted by atomic mass is 16.6. The van der Waals surface area contributed by atoms with Crippen molar-refractivity contribution in [1.29, 1.82) is 5.26 Å². The summed E-state index contributed by atoms with van der Waals surface area (Å²) in [5.41, 5.74) is 0. The summed E-state index contributed by atoms with van der Waals surface area (Å²) in [4.78, 5) is 17.3. The van der Waals surface area contributed by atoms with Gasteiger partial charge in [-0.05, 0) is 6.92 Å². The Bertz CT molecular complexity index is 240. The molecule has 5 heteroatoms. The highest BCUT2D eigenvalue weighted by Gasteiger charge is 1.97. The minimum atomic E-state index is -0.411. The Hall–Kier alpha value is -1.88. The Balaban J connectivity index is 3.86. The first-order valence-electron chi connectivity index (χ1n) is 2.67. The van der Waals surface area contributed by atoms with Crippen molar-refractivity contribution in [3.8, 4) is 6.07 Å². The Morgan fingerprint density at radius 3 is 2.91 bits per heavy atom. The van der Waals surface area contributed by atoms with Gasteiger partial charge in [0, 0.05) is 0 Å². The Morgan fingerprint density at radius 2 is 2.55 bits per heavy atom. The van der Waals surface area contributed by atoms with E-state index in [0.717, 1.165) is 0 Å². The molecule has 0 aromatic rings. The van der Waals surface area contributed by atoms with E-state index in [4.69, 9.17) is 11.8 Å². The minimum absolute atomic E-state index is 0.208. The van der Waals surface area contributed by atoms with Crippen LogP contribution in [-0.4, -0.2) is 18.2 Å². The van der Waals surface area contributed by atoms with Crippen LogP contribution in [0.3, 0.4) is 0 Å². The monoisotopic (exact) mass is 151 g/mol.